The van der Waals surface area contributed by atoms with E-state index < -0.39 is 10.0 Å². The zero-order valence-electron chi connectivity index (χ0n) is 17.7. The minimum absolute atomic E-state index is 0.191. The average Bonchev–Trinajstić information content (AvgIpc) is 3.15. The van der Waals surface area contributed by atoms with Crippen molar-refractivity contribution in [2.24, 2.45) is 5.92 Å². The SMILES string of the molecule is O=C(Nc1nn(Cc2ccc(Cl)c(Cl)c2)cc1Br)C1CCN(S(=O)(=O)c2ccc(Cl)cc2)CC1. The van der Waals surface area contributed by atoms with Crippen molar-refractivity contribution in [3.8, 4) is 0 Å². The molecule has 1 fully saturated rings. The van der Waals surface area contributed by atoms with Crippen LogP contribution in [0.25, 0.3) is 0 Å². The number of carbonyl (C=O) groups is 1. The Morgan fingerprint density at radius 2 is 1.74 bits per heavy atom. The Kier molecular flexibility index (Phi) is 7.91. The van der Waals surface area contributed by atoms with E-state index in [4.69, 9.17) is 34.8 Å². The van der Waals surface area contributed by atoms with Crippen molar-refractivity contribution in [2.45, 2.75) is 24.3 Å². The molecule has 0 saturated carbocycles. The topological polar surface area (TPSA) is 84.3 Å². The van der Waals surface area contributed by atoms with Gasteiger partial charge in [0.1, 0.15) is 0 Å². The van der Waals surface area contributed by atoms with E-state index >= 15 is 0 Å². The number of hydrogen-bond donors (Lipinski definition) is 1. The fourth-order valence-corrected chi connectivity index (χ4v) is 6.05. The largest absolute Gasteiger partial charge is 0.308 e. The first-order chi connectivity index (χ1) is 16.1. The molecule has 0 bridgehead atoms. The second-order valence-electron chi connectivity index (χ2n) is 7.89. The van der Waals surface area contributed by atoms with Gasteiger partial charge in [0.05, 0.1) is 26.0 Å². The van der Waals surface area contributed by atoms with Crippen LogP contribution in [0.1, 0.15) is 18.4 Å². The zero-order valence-corrected chi connectivity index (χ0v) is 22.4. The summed E-state index contributed by atoms with van der Waals surface area (Å²) in [6.45, 7) is 0.971. The first-order valence-corrected chi connectivity index (χ1v) is 13.7. The van der Waals surface area contributed by atoms with Crippen molar-refractivity contribution in [3.63, 3.8) is 0 Å². The highest BCUT2D eigenvalue weighted by Crippen LogP contribution is 2.28. The van der Waals surface area contributed by atoms with Crippen molar-refractivity contribution in [1.82, 2.24) is 14.1 Å². The lowest BCUT2D eigenvalue weighted by Gasteiger charge is -2.30. The molecule has 180 valence electrons. The molecule has 34 heavy (non-hydrogen) atoms. The predicted octanol–water partition coefficient (Wildman–Crippen LogP) is 5.69. The van der Waals surface area contributed by atoms with Crippen LogP contribution in [0.15, 0.2) is 58.0 Å². The van der Waals surface area contributed by atoms with Crippen LogP contribution in [0.5, 0.6) is 0 Å². The van der Waals surface area contributed by atoms with E-state index in [2.05, 4.69) is 26.3 Å². The number of rotatable bonds is 6. The molecule has 0 atom stereocenters. The van der Waals surface area contributed by atoms with Gasteiger partial charge in [0.2, 0.25) is 15.9 Å². The highest BCUT2D eigenvalue weighted by atomic mass is 79.9. The molecular weight excluding hydrogens is 587 g/mol. The minimum atomic E-state index is -3.62. The van der Waals surface area contributed by atoms with Crippen molar-refractivity contribution in [2.75, 3.05) is 18.4 Å². The maximum absolute atomic E-state index is 12.9. The number of aromatic nitrogens is 2. The van der Waals surface area contributed by atoms with E-state index in [1.165, 1.54) is 16.4 Å². The minimum Gasteiger partial charge on any atom is -0.308 e. The van der Waals surface area contributed by atoms with Gasteiger partial charge in [0, 0.05) is 30.2 Å². The van der Waals surface area contributed by atoms with Crippen molar-refractivity contribution in [1.29, 1.82) is 0 Å². The normalized spacial score (nSPS) is 15.4. The molecule has 0 radical (unpaired) electrons. The second kappa shape index (κ2) is 10.6. The lowest BCUT2D eigenvalue weighted by Crippen LogP contribution is -2.41. The molecule has 4 rings (SSSR count). The van der Waals surface area contributed by atoms with E-state index in [-0.39, 0.29) is 29.8 Å². The van der Waals surface area contributed by atoms with Gasteiger partial charge >= 0.3 is 0 Å². The summed E-state index contributed by atoms with van der Waals surface area (Å²) in [5.74, 6) is -0.103. The first kappa shape index (κ1) is 25.5. The van der Waals surface area contributed by atoms with Crippen molar-refractivity contribution < 1.29 is 13.2 Å². The third-order valence-electron chi connectivity index (χ3n) is 5.56. The van der Waals surface area contributed by atoms with Gasteiger partial charge < -0.3 is 5.32 Å². The molecule has 1 aliphatic rings. The first-order valence-electron chi connectivity index (χ1n) is 10.4. The van der Waals surface area contributed by atoms with Gasteiger partial charge in [-0.25, -0.2) is 8.42 Å². The standard InChI is InChI=1S/C22H20BrCl3N4O3S/c23-18-13-29(12-14-1-6-19(25)20(26)11-14)28-21(18)27-22(31)15-7-9-30(10-8-15)34(32,33)17-4-2-16(24)3-5-17/h1-6,11,13,15H,7-10,12H2,(H,27,28,31). The summed E-state index contributed by atoms with van der Waals surface area (Å²) in [4.78, 5) is 13.0. The molecule has 1 amide bonds. The van der Waals surface area contributed by atoms with Gasteiger partial charge in [0.15, 0.2) is 5.82 Å². The third-order valence-corrected chi connectivity index (χ3v) is 9.05. The molecule has 0 unspecified atom stereocenters. The van der Waals surface area contributed by atoms with Crippen LogP contribution in [-0.2, 0) is 21.4 Å². The number of carbonyl (C=O) groups excluding carboxylic acids is 1. The van der Waals surface area contributed by atoms with Crippen LogP contribution >= 0.6 is 50.7 Å². The van der Waals surface area contributed by atoms with Crippen LogP contribution in [0.4, 0.5) is 5.82 Å². The van der Waals surface area contributed by atoms with Crippen LogP contribution in [0, 0.1) is 5.92 Å². The van der Waals surface area contributed by atoms with Crippen molar-refractivity contribution >= 4 is 72.5 Å². The summed E-state index contributed by atoms with van der Waals surface area (Å²) >= 11 is 21.3. The molecule has 1 N–H and O–H groups in total. The Labute approximate surface area is 221 Å². The van der Waals surface area contributed by atoms with Crippen LogP contribution in [-0.4, -0.2) is 41.5 Å². The van der Waals surface area contributed by atoms with Crippen LogP contribution in [0.3, 0.4) is 0 Å². The number of sulfonamides is 1. The van der Waals surface area contributed by atoms with Gasteiger partial charge in [-0.2, -0.15) is 9.40 Å². The molecule has 7 nitrogen and oxygen atoms in total. The number of amides is 1. The summed E-state index contributed by atoms with van der Waals surface area (Å²) in [7, 11) is -3.62. The maximum Gasteiger partial charge on any atom is 0.243 e. The lowest BCUT2D eigenvalue weighted by molar-refractivity contribution is -0.120. The van der Waals surface area contributed by atoms with E-state index in [9.17, 15) is 13.2 Å². The summed E-state index contributed by atoms with van der Waals surface area (Å²) in [5.41, 5.74) is 0.913. The number of anilines is 1. The number of halogens is 4. The second-order valence-corrected chi connectivity index (χ2v) is 11.9. The Hall–Kier alpha value is -1.62. The Morgan fingerprint density at radius 3 is 2.38 bits per heavy atom. The fraction of sp³-hybridized carbons (Fsp3) is 0.273. The lowest BCUT2D eigenvalue weighted by atomic mass is 9.97. The molecule has 1 saturated heterocycles. The summed E-state index contributed by atoms with van der Waals surface area (Å²) < 4.78 is 29.4. The molecule has 3 aromatic rings. The van der Waals surface area contributed by atoms with Gasteiger partial charge in [-0.05, 0) is 70.7 Å². The molecule has 1 aromatic heterocycles. The summed E-state index contributed by atoms with van der Waals surface area (Å²) in [6.07, 6.45) is 2.60. The van der Waals surface area contributed by atoms with E-state index in [0.29, 0.717) is 44.7 Å². The number of nitrogens with zero attached hydrogens (tertiary/aromatic N) is 3. The highest BCUT2D eigenvalue weighted by molar-refractivity contribution is 9.10. The fourth-order valence-electron chi connectivity index (χ4n) is 3.72. The number of nitrogens with one attached hydrogen (secondary N) is 1. The molecule has 0 aliphatic carbocycles. The van der Waals surface area contributed by atoms with Gasteiger partial charge in [-0.15, -0.1) is 0 Å². The summed E-state index contributed by atoms with van der Waals surface area (Å²) in [5, 5.41) is 8.70. The molecule has 2 aromatic carbocycles. The summed E-state index contributed by atoms with van der Waals surface area (Å²) in [6, 6.07) is 11.4. The molecule has 2 heterocycles. The van der Waals surface area contributed by atoms with E-state index in [1.807, 2.05) is 6.07 Å². The van der Waals surface area contributed by atoms with E-state index in [0.717, 1.165) is 5.56 Å². The predicted molar refractivity (Wildman–Crippen MR) is 137 cm³/mol. The number of hydrogen-bond acceptors (Lipinski definition) is 4. The molecule has 0 spiro atoms. The highest BCUT2D eigenvalue weighted by Gasteiger charge is 2.32. The van der Waals surface area contributed by atoms with Crippen LogP contribution < -0.4 is 5.32 Å². The Bertz CT molecular complexity index is 1310. The number of piperidine rings is 1. The smallest absolute Gasteiger partial charge is 0.243 e. The van der Waals surface area contributed by atoms with E-state index in [1.54, 1.807) is 35.1 Å². The molecular formula is C22H20BrCl3N4O3S. The van der Waals surface area contributed by atoms with Gasteiger partial charge in [-0.1, -0.05) is 40.9 Å². The van der Waals surface area contributed by atoms with Gasteiger partial charge in [-0.3, -0.25) is 9.48 Å². The quantitative estimate of drug-likeness (QED) is 0.391. The third kappa shape index (κ3) is 5.78. The van der Waals surface area contributed by atoms with Crippen LogP contribution in [0.2, 0.25) is 15.1 Å². The Morgan fingerprint density at radius 1 is 1.06 bits per heavy atom. The zero-order chi connectivity index (χ0) is 24.5. The molecule has 1 aliphatic heterocycles. The molecule has 12 heteroatoms. The monoisotopic (exact) mass is 604 g/mol. The Balaban J connectivity index is 1.36. The maximum atomic E-state index is 12.9. The average molecular weight is 607 g/mol. The number of benzene rings is 2. The van der Waals surface area contributed by atoms with Gasteiger partial charge in [0.25, 0.3) is 0 Å². The van der Waals surface area contributed by atoms with Crippen molar-refractivity contribution in [3.05, 3.63) is 73.8 Å².